The first-order valence-corrected chi connectivity index (χ1v) is 7.27. The van der Waals surface area contributed by atoms with Crippen LogP contribution < -0.4 is 10.6 Å². The van der Waals surface area contributed by atoms with E-state index >= 15 is 0 Å². The zero-order valence-corrected chi connectivity index (χ0v) is 11.4. The maximum absolute atomic E-state index is 4.26. The predicted molar refractivity (Wildman–Crippen MR) is 72.5 cm³/mol. The molecule has 2 N–H and O–H groups in total. The van der Waals surface area contributed by atoms with E-state index in [1.165, 1.54) is 36.6 Å². The van der Waals surface area contributed by atoms with Gasteiger partial charge in [0, 0.05) is 37.6 Å². The standard InChI is InChI=1S/C12H22N4S/c1-11-12(17-10-15-11)9-14-5-8-16-6-2-3-13-4-7-16/h10,13-14H,2-9H2,1H3. The first-order chi connectivity index (χ1) is 8.36. The highest BCUT2D eigenvalue weighted by Crippen LogP contribution is 2.10. The van der Waals surface area contributed by atoms with Gasteiger partial charge < -0.3 is 15.5 Å². The molecular weight excluding hydrogens is 232 g/mol. The van der Waals surface area contributed by atoms with Crippen LogP contribution in [0.5, 0.6) is 0 Å². The van der Waals surface area contributed by atoms with Crippen LogP contribution in [0.3, 0.4) is 0 Å². The van der Waals surface area contributed by atoms with Crippen molar-refractivity contribution in [3.05, 3.63) is 16.1 Å². The summed E-state index contributed by atoms with van der Waals surface area (Å²) in [6, 6.07) is 0. The van der Waals surface area contributed by atoms with Crippen LogP contribution in [0.1, 0.15) is 17.0 Å². The largest absolute Gasteiger partial charge is 0.315 e. The van der Waals surface area contributed by atoms with Crippen molar-refractivity contribution in [2.24, 2.45) is 0 Å². The number of nitrogens with one attached hydrogen (secondary N) is 2. The van der Waals surface area contributed by atoms with E-state index in [0.717, 1.165) is 26.2 Å². The Morgan fingerprint density at radius 2 is 2.41 bits per heavy atom. The highest BCUT2D eigenvalue weighted by Gasteiger charge is 2.07. The molecule has 0 atom stereocenters. The summed E-state index contributed by atoms with van der Waals surface area (Å²) in [5.41, 5.74) is 3.09. The minimum atomic E-state index is 0.961. The van der Waals surface area contributed by atoms with Gasteiger partial charge in [0.1, 0.15) is 0 Å². The third-order valence-electron chi connectivity index (χ3n) is 3.17. The minimum Gasteiger partial charge on any atom is -0.315 e. The zero-order chi connectivity index (χ0) is 11.9. The Labute approximate surface area is 107 Å². The summed E-state index contributed by atoms with van der Waals surface area (Å²) in [5.74, 6) is 0. The molecule has 1 aromatic heterocycles. The Morgan fingerprint density at radius 3 is 3.24 bits per heavy atom. The summed E-state index contributed by atoms with van der Waals surface area (Å²) < 4.78 is 0. The SMILES string of the molecule is Cc1ncsc1CNCCN1CCCNCC1. The molecule has 2 rings (SSSR count). The van der Waals surface area contributed by atoms with Crippen LogP contribution in [0.4, 0.5) is 0 Å². The maximum atomic E-state index is 4.26. The summed E-state index contributed by atoms with van der Waals surface area (Å²) >= 11 is 1.74. The Bertz CT molecular complexity index is 318. The number of rotatable bonds is 5. The van der Waals surface area contributed by atoms with Crippen LogP contribution in [0.15, 0.2) is 5.51 Å². The zero-order valence-electron chi connectivity index (χ0n) is 10.5. The third-order valence-corrected chi connectivity index (χ3v) is 4.10. The highest BCUT2D eigenvalue weighted by molar-refractivity contribution is 7.09. The van der Waals surface area contributed by atoms with Gasteiger partial charge in [0.2, 0.25) is 0 Å². The molecule has 0 aliphatic carbocycles. The lowest BCUT2D eigenvalue weighted by Crippen LogP contribution is -2.34. The van der Waals surface area contributed by atoms with E-state index in [1.54, 1.807) is 11.3 Å². The summed E-state index contributed by atoms with van der Waals surface area (Å²) in [5, 5.41) is 6.93. The van der Waals surface area contributed by atoms with Crippen molar-refractivity contribution in [2.45, 2.75) is 19.9 Å². The molecular formula is C12H22N4S. The Balaban J connectivity index is 1.61. The van der Waals surface area contributed by atoms with E-state index in [1.807, 2.05) is 5.51 Å². The van der Waals surface area contributed by atoms with Crippen molar-refractivity contribution in [3.8, 4) is 0 Å². The normalized spacial score (nSPS) is 18.2. The van der Waals surface area contributed by atoms with E-state index in [0.29, 0.717) is 0 Å². The lowest BCUT2D eigenvalue weighted by atomic mass is 10.3. The predicted octanol–water partition coefficient (Wildman–Crippen LogP) is 0.836. The quantitative estimate of drug-likeness (QED) is 0.764. The molecule has 2 heterocycles. The van der Waals surface area contributed by atoms with Crippen LogP contribution in [0, 0.1) is 6.92 Å². The fraction of sp³-hybridized carbons (Fsp3) is 0.750. The molecule has 0 saturated carbocycles. The van der Waals surface area contributed by atoms with Crippen LogP contribution in [-0.4, -0.2) is 49.2 Å². The first kappa shape index (κ1) is 13.0. The van der Waals surface area contributed by atoms with E-state index < -0.39 is 0 Å². The number of nitrogens with zero attached hydrogens (tertiary/aromatic N) is 2. The second-order valence-corrected chi connectivity index (χ2v) is 5.42. The minimum absolute atomic E-state index is 0.961. The van der Waals surface area contributed by atoms with Crippen molar-refractivity contribution in [3.63, 3.8) is 0 Å². The number of hydrogen-bond acceptors (Lipinski definition) is 5. The van der Waals surface area contributed by atoms with E-state index in [4.69, 9.17) is 0 Å². The molecule has 0 radical (unpaired) electrons. The van der Waals surface area contributed by atoms with Gasteiger partial charge in [-0.3, -0.25) is 0 Å². The average molecular weight is 254 g/mol. The van der Waals surface area contributed by atoms with Crippen molar-refractivity contribution < 1.29 is 0 Å². The van der Waals surface area contributed by atoms with E-state index in [-0.39, 0.29) is 0 Å². The van der Waals surface area contributed by atoms with Crippen molar-refractivity contribution >= 4 is 11.3 Å². The summed E-state index contributed by atoms with van der Waals surface area (Å²) in [6.07, 6.45) is 1.27. The lowest BCUT2D eigenvalue weighted by molar-refractivity contribution is 0.291. The van der Waals surface area contributed by atoms with Crippen LogP contribution >= 0.6 is 11.3 Å². The second kappa shape index (κ2) is 7.06. The summed E-state index contributed by atoms with van der Waals surface area (Å²) in [6.45, 7) is 9.97. The van der Waals surface area contributed by atoms with E-state index in [9.17, 15) is 0 Å². The van der Waals surface area contributed by atoms with Crippen molar-refractivity contribution in [1.29, 1.82) is 0 Å². The van der Waals surface area contributed by atoms with Gasteiger partial charge in [-0.15, -0.1) is 11.3 Å². The first-order valence-electron chi connectivity index (χ1n) is 6.39. The molecule has 1 aliphatic rings. The monoisotopic (exact) mass is 254 g/mol. The molecule has 17 heavy (non-hydrogen) atoms. The molecule has 1 aliphatic heterocycles. The van der Waals surface area contributed by atoms with Crippen LogP contribution in [0.25, 0.3) is 0 Å². The number of aryl methyl sites for hydroxylation is 1. The Kier molecular flexibility index (Phi) is 5.38. The van der Waals surface area contributed by atoms with Gasteiger partial charge in [0.15, 0.2) is 0 Å². The molecule has 5 heteroatoms. The van der Waals surface area contributed by atoms with E-state index in [2.05, 4.69) is 27.4 Å². The summed E-state index contributed by atoms with van der Waals surface area (Å²) in [7, 11) is 0. The van der Waals surface area contributed by atoms with Gasteiger partial charge in [-0.05, 0) is 26.4 Å². The van der Waals surface area contributed by atoms with Gasteiger partial charge >= 0.3 is 0 Å². The topological polar surface area (TPSA) is 40.2 Å². The van der Waals surface area contributed by atoms with Gasteiger partial charge in [-0.25, -0.2) is 4.98 Å². The maximum Gasteiger partial charge on any atom is 0.0798 e. The fourth-order valence-electron chi connectivity index (χ4n) is 2.06. The van der Waals surface area contributed by atoms with Gasteiger partial charge in [0.25, 0.3) is 0 Å². The van der Waals surface area contributed by atoms with Crippen molar-refractivity contribution in [1.82, 2.24) is 20.5 Å². The smallest absolute Gasteiger partial charge is 0.0798 e. The molecule has 0 bridgehead atoms. The molecule has 1 saturated heterocycles. The molecule has 0 spiro atoms. The lowest BCUT2D eigenvalue weighted by Gasteiger charge is -2.19. The molecule has 1 aromatic rings. The van der Waals surface area contributed by atoms with Gasteiger partial charge in [-0.1, -0.05) is 0 Å². The molecule has 0 aromatic carbocycles. The second-order valence-electron chi connectivity index (χ2n) is 4.48. The number of thiazole rings is 1. The molecule has 1 fully saturated rings. The fourth-order valence-corrected chi connectivity index (χ4v) is 2.81. The highest BCUT2D eigenvalue weighted by atomic mass is 32.1. The molecule has 0 amide bonds. The summed E-state index contributed by atoms with van der Waals surface area (Å²) in [4.78, 5) is 8.16. The van der Waals surface area contributed by atoms with Crippen molar-refractivity contribution in [2.75, 3.05) is 39.3 Å². The van der Waals surface area contributed by atoms with Crippen LogP contribution in [-0.2, 0) is 6.54 Å². The molecule has 0 unspecified atom stereocenters. The van der Waals surface area contributed by atoms with Crippen LogP contribution in [0.2, 0.25) is 0 Å². The number of hydrogen-bond donors (Lipinski definition) is 2. The number of aromatic nitrogens is 1. The Hall–Kier alpha value is -0.490. The van der Waals surface area contributed by atoms with Gasteiger partial charge in [0.05, 0.1) is 11.2 Å². The molecule has 4 nitrogen and oxygen atoms in total. The van der Waals surface area contributed by atoms with Gasteiger partial charge in [-0.2, -0.15) is 0 Å². The Morgan fingerprint density at radius 1 is 1.47 bits per heavy atom. The molecule has 96 valence electrons. The third kappa shape index (κ3) is 4.35. The average Bonchev–Trinajstić information content (AvgIpc) is 2.60.